The maximum atomic E-state index is 14.7. The number of Topliss-reactive ketones (excluding diaryl/α,β-unsaturated/α-hetero) is 1. The van der Waals surface area contributed by atoms with Crippen LogP contribution in [0.5, 0.6) is 0 Å². The summed E-state index contributed by atoms with van der Waals surface area (Å²) in [5, 5.41) is 10.9. The summed E-state index contributed by atoms with van der Waals surface area (Å²) in [5.41, 5.74) is 1.56. The van der Waals surface area contributed by atoms with Gasteiger partial charge in [-0.05, 0) is 13.0 Å². The van der Waals surface area contributed by atoms with Crippen molar-refractivity contribution < 1.29 is 24.0 Å². The first-order valence-corrected chi connectivity index (χ1v) is 9.70. The molecule has 0 aliphatic carbocycles. The largest absolute Gasteiger partial charge is 0.507 e. The Morgan fingerprint density at radius 2 is 1.76 bits per heavy atom. The van der Waals surface area contributed by atoms with Gasteiger partial charge in [-0.15, -0.1) is 0 Å². The Morgan fingerprint density at radius 3 is 2.38 bits per heavy atom. The third-order valence-corrected chi connectivity index (χ3v) is 5.14. The van der Waals surface area contributed by atoms with Gasteiger partial charge in [0.15, 0.2) is 0 Å². The number of nitrogens with zero attached hydrogens (tertiary/aromatic N) is 1. The fourth-order valence-electron chi connectivity index (χ4n) is 3.60. The van der Waals surface area contributed by atoms with E-state index in [0.29, 0.717) is 18.5 Å². The normalized spacial score (nSPS) is 18.7. The second-order valence-corrected chi connectivity index (χ2v) is 7.69. The minimum Gasteiger partial charge on any atom is -0.507 e. The third kappa shape index (κ3) is 4.22. The van der Waals surface area contributed by atoms with Crippen LogP contribution in [-0.4, -0.2) is 48.9 Å². The summed E-state index contributed by atoms with van der Waals surface area (Å²) < 4.78 is 14.7. The van der Waals surface area contributed by atoms with Crippen molar-refractivity contribution in [1.82, 2.24) is 4.90 Å². The van der Waals surface area contributed by atoms with E-state index in [-0.39, 0.29) is 16.9 Å². The second kappa shape index (κ2) is 8.57. The summed E-state index contributed by atoms with van der Waals surface area (Å²) >= 11 is 0. The number of aliphatic hydroxyl groups is 1. The molecular formula is C23H26FN2O3+. The van der Waals surface area contributed by atoms with Gasteiger partial charge in [-0.25, -0.2) is 4.39 Å². The highest BCUT2D eigenvalue weighted by atomic mass is 19.1. The Morgan fingerprint density at radius 1 is 1.10 bits per heavy atom. The lowest BCUT2D eigenvalue weighted by Gasteiger charge is -2.25. The molecule has 0 aromatic heterocycles. The zero-order chi connectivity index (χ0) is 21.1. The number of hydrogen-bond acceptors (Lipinski definition) is 3. The fraction of sp³-hybridized carbons (Fsp3) is 0.304. The number of likely N-dealkylation sites (tertiary alicyclic amines) is 1. The van der Waals surface area contributed by atoms with Gasteiger partial charge < -0.3 is 14.9 Å². The van der Waals surface area contributed by atoms with E-state index >= 15 is 0 Å². The number of nitrogens with one attached hydrogen (secondary N) is 1. The van der Waals surface area contributed by atoms with Crippen molar-refractivity contribution in [2.45, 2.75) is 19.4 Å². The lowest BCUT2D eigenvalue weighted by atomic mass is 9.94. The molecular weight excluding hydrogens is 371 g/mol. The maximum absolute atomic E-state index is 14.7. The minimum atomic E-state index is -0.949. The van der Waals surface area contributed by atoms with Crippen LogP contribution in [-0.2, 0) is 9.59 Å². The number of benzene rings is 2. The van der Waals surface area contributed by atoms with E-state index in [2.05, 4.69) is 0 Å². The Bertz CT molecular complexity index is 951. The van der Waals surface area contributed by atoms with Crippen LogP contribution in [0.4, 0.5) is 4.39 Å². The van der Waals surface area contributed by atoms with Crippen molar-refractivity contribution in [3.63, 3.8) is 0 Å². The monoisotopic (exact) mass is 397 g/mol. The van der Waals surface area contributed by atoms with Crippen molar-refractivity contribution >= 4 is 17.4 Å². The summed E-state index contributed by atoms with van der Waals surface area (Å²) in [6.45, 7) is 3.01. The lowest BCUT2D eigenvalue weighted by Crippen LogP contribution is -3.05. The highest BCUT2D eigenvalue weighted by molar-refractivity contribution is 6.46. The lowest BCUT2D eigenvalue weighted by molar-refractivity contribution is -0.858. The SMILES string of the molecule is Cc1ccc(C(O)=C2C(=O)C(=O)N(CCC[NH+](C)C)[C@@H]2c2ccccc2F)cc1. The van der Waals surface area contributed by atoms with Crippen LogP contribution in [0.1, 0.15) is 29.2 Å². The number of aryl methyl sites for hydroxylation is 1. The van der Waals surface area contributed by atoms with Crippen molar-refractivity contribution in [2.75, 3.05) is 27.2 Å². The molecule has 2 aromatic carbocycles. The molecule has 0 saturated carbocycles. The smallest absolute Gasteiger partial charge is 0.295 e. The van der Waals surface area contributed by atoms with Crippen LogP contribution < -0.4 is 4.90 Å². The summed E-state index contributed by atoms with van der Waals surface area (Å²) in [6.07, 6.45) is 0.658. The summed E-state index contributed by atoms with van der Waals surface area (Å²) in [4.78, 5) is 28.2. The Labute approximate surface area is 170 Å². The first-order valence-electron chi connectivity index (χ1n) is 9.70. The molecule has 1 saturated heterocycles. The van der Waals surface area contributed by atoms with Gasteiger partial charge in [0.05, 0.1) is 32.3 Å². The third-order valence-electron chi connectivity index (χ3n) is 5.14. The van der Waals surface area contributed by atoms with E-state index in [1.54, 1.807) is 30.3 Å². The molecule has 1 fully saturated rings. The first kappa shape index (κ1) is 20.7. The maximum Gasteiger partial charge on any atom is 0.295 e. The van der Waals surface area contributed by atoms with E-state index in [1.807, 2.05) is 33.2 Å². The molecule has 0 unspecified atom stereocenters. The van der Waals surface area contributed by atoms with Gasteiger partial charge in [-0.1, -0.05) is 48.0 Å². The van der Waals surface area contributed by atoms with Gasteiger partial charge in [0, 0.05) is 24.1 Å². The molecule has 1 aliphatic rings. The van der Waals surface area contributed by atoms with Crippen molar-refractivity contribution in [3.05, 3.63) is 76.6 Å². The number of hydrogen-bond donors (Lipinski definition) is 2. The number of rotatable bonds is 6. The molecule has 29 heavy (non-hydrogen) atoms. The average molecular weight is 397 g/mol. The number of carbonyl (C=O) groups is 2. The quantitative estimate of drug-likeness (QED) is 0.446. The molecule has 0 bridgehead atoms. The molecule has 5 nitrogen and oxygen atoms in total. The van der Waals surface area contributed by atoms with E-state index in [1.165, 1.54) is 15.9 Å². The average Bonchev–Trinajstić information content (AvgIpc) is 2.93. The van der Waals surface area contributed by atoms with Gasteiger partial charge in [0.25, 0.3) is 11.7 Å². The summed E-state index contributed by atoms with van der Waals surface area (Å²) in [5.74, 6) is -2.29. The molecule has 2 aromatic rings. The Balaban J connectivity index is 2.11. The van der Waals surface area contributed by atoms with E-state index in [0.717, 1.165) is 12.1 Å². The predicted molar refractivity (Wildman–Crippen MR) is 109 cm³/mol. The highest BCUT2D eigenvalue weighted by Gasteiger charge is 2.46. The summed E-state index contributed by atoms with van der Waals surface area (Å²) in [7, 11) is 4.00. The highest BCUT2D eigenvalue weighted by Crippen LogP contribution is 2.40. The molecule has 1 atom stereocenters. The molecule has 6 heteroatoms. The Kier molecular flexibility index (Phi) is 6.13. The number of halogens is 1. The van der Waals surface area contributed by atoms with Crippen LogP contribution in [0.15, 0.2) is 54.1 Å². The number of amides is 1. The van der Waals surface area contributed by atoms with Gasteiger partial charge in [-0.2, -0.15) is 0 Å². The zero-order valence-corrected chi connectivity index (χ0v) is 16.9. The molecule has 2 N–H and O–H groups in total. The predicted octanol–water partition coefficient (Wildman–Crippen LogP) is 2.09. The van der Waals surface area contributed by atoms with Crippen LogP contribution >= 0.6 is 0 Å². The fourth-order valence-corrected chi connectivity index (χ4v) is 3.60. The van der Waals surface area contributed by atoms with Crippen LogP contribution in [0.2, 0.25) is 0 Å². The molecule has 1 aliphatic heterocycles. The molecule has 152 valence electrons. The van der Waals surface area contributed by atoms with Gasteiger partial charge in [0.2, 0.25) is 0 Å². The molecule has 3 rings (SSSR count). The summed E-state index contributed by atoms with van der Waals surface area (Å²) in [6, 6.07) is 12.1. The van der Waals surface area contributed by atoms with Crippen LogP contribution in [0.3, 0.4) is 0 Å². The van der Waals surface area contributed by atoms with Gasteiger partial charge in [0.1, 0.15) is 11.6 Å². The van der Waals surface area contributed by atoms with Gasteiger partial charge in [-0.3, -0.25) is 9.59 Å². The minimum absolute atomic E-state index is 0.0684. The zero-order valence-electron chi connectivity index (χ0n) is 16.9. The Hall–Kier alpha value is -2.99. The van der Waals surface area contributed by atoms with Crippen molar-refractivity contribution in [3.8, 4) is 0 Å². The number of quaternary nitrogens is 1. The molecule has 1 heterocycles. The topological polar surface area (TPSA) is 62.0 Å². The van der Waals surface area contributed by atoms with Crippen molar-refractivity contribution in [1.29, 1.82) is 0 Å². The van der Waals surface area contributed by atoms with E-state index in [4.69, 9.17) is 0 Å². The molecule has 0 spiro atoms. The second-order valence-electron chi connectivity index (χ2n) is 7.69. The number of ketones is 1. The van der Waals surface area contributed by atoms with Gasteiger partial charge >= 0.3 is 0 Å². The first-order chi connectivity index (χ1) is 13.8. The van der Waals surface area contributed by atoms with Crippen LogP contribution in [0.25, 0.3) is 5.76 Å². The standard InChI is InChI=1S/C23H25FN2O3/c1-15-9-11-16(12-10-15)21(27)19-20(17-7-4-5-8-18(17)24)26(23(29)22(19)28)14-6-13-25(2)3/h4-5,7-12,20,27H,6,13-14H2,1-3H3/p+1/t20-/m1/s1. The van der Waals surface area contributed by atoms with Crippen LogP contribution in [0, 0.1) is 12.7 Å². The molecule has 1 amide bonds. The number of carbonyl (C=O) groups excluding carboxylic acids is 2. The molecule has 0 radical (unpaired) electrons. The van der Waals surface area contributed by atoms with E-state index in [9.17, 15) is 19.1 Å². The van der Waals surface area contributed by atoms with Crippen molar-refractivity contribution in [2.24, 2.45) is 0 Å². The number of aliphatic hydroxyl groups excluding tert-OH is 1. The van der Waals surface area contributed by atoms with E-state index < -0.39 is 23.5 Å².